The van der Waals surface area contributed by atoms with E-state index in [2.05, 4.69) is 10.3 Å². The lowest BCUT2D eigenvalue weighted by Crippen LogP contribution is -2.42. The lowest BCUT2D eigenvalue weighted by Gasteiger charge is -2.32. The molecule has 1 fully saturated rings. The fourth-order valence-corrected chi connectivity index (χ4v) is 2.20. The van der Waals surface area contributed by atoms with Crippen LogP contribution in [0.4, 0.5) is 11.5 Å². The molecule has 1 aliphatic rings. The number of nitrogens with zero attached hydrogens (tertiary/aromatic N) is 2. The largest absolute Gasteiger partial charge is 0.397 e. The van der Waals surface area contributed by atoms with Crippen LogP contribution < -0.4 is 11.1 Å². The maximum absolute atomic E-state index is 11.5. The van der Waals surface area contributed by atoms with Crippen molar-refractivity contribution in [3.8, 4) is 0 Å². The third-order valence-corrected chi connectivity index (χ3v) is 3.29. The molecule has 5 nitrogen and oxygen atoms in total. The minimum absolute atomic E-state index is 0.249. The predicted molar refractivity (Wildman–Crippen MR) is 72.2 cm³/mol. The van der Waals surface area contributed by atoms with Crippen molar-refractivity contribution in [2.45, 2.75) is 32.2 Å². The number of carbonyl (C=O) groups is 1. The van der Waals surface area contributed by atoms with E-state index in [1.54, 1.807) is 6.20 Å². The van der Waals surface area contributed by atoms with Crippen LogP contribution in [-0.4, -0.2) is 34.9 Å². The van der Waals surface area contributed by atoms with Gasteiger partial charge in [0.25, 0.3) is 0 Å². The fraction of sp³-hybridized carbons (Fsp3) is 0.538. The molecule has 0 bridgehead atoms. The zero-order valence-corrected chi connectivity index (χ0v) is 10.7. The fourth-order valence-electron chi connectivity index (χ4n) is 2.20. The molecule has 1 aliphatic heterocycles. The van der Waals surface area contributed by atoms with Crippen LogP contribution in [0.1, 0.15) is 26.2 Å². The highest BCUT2D eigenvalue weighted by molar-refractivity contribution is 5.75. The van der Waals surface area contributed by atoms with Crippen molar-refractivity contribution in [1.29, 1.82) is 0 Å². The van der Waals surface area contributed by atoms with Crippen LogP contribution in [-0.2, 0) is 4.79 Å². The van der Waals surface area contributed by atoms with Gasteiger partial charge in [0, 0.05) is 25.6 Å². The first-order valence-electron chi connectivity index (χ1n) is 6.45. The quantitative estimate of drug-likeness (QED) is 0.850. The van der Waals surface area contributed by atoms with Gasteiger partial charge in [0.1, 0.15) is 5.82 Å². The number of amides is 1. The summed E-state index contributed by atoms with van der Waals surface area (Å²) >= 11 is 0. The van der Waals surface area contributed by atoms with Crippen LogP contribution >= 0.6 is 0 Å². The number of likely N-dealkylation sites (tertiary alicyclic amines) is 1. The zero-order chi connectivity index (χ0) is 13.0. The average molecular weight is 248 g/mol. The second kappa shape index (κ2) is 5.71. The molecule has 0 atom stereocenters. The van der Waals surface area contributed by atoms with Crippen molar-refractivity contribution in [2.75, 3.05) is 24.1 Å². The van der Waals surface area contributed by atoms with E-state index in [0.717, 1.165) is 31.7 Å². The lowest BCUT2D eigenvalue weighted by atomic mass is 10.0. The average Bonchev–Trinajstić information content (AvgIpc) is 2.41. The van der Waals surface area contributed by atoms with Crippen LogP contribution in [0.2, 0.25) is 0 Å². The molecule has 1 saturated heterocycles. The van der Waals surface area contributed by atoms with Gasteiger partial charge in [-0.05, 0) is 25.0 Å². The SMILES string of the molecule is CCC(=O)N1CCC(Nc2ccc(N)cn2)CC1. The Bertz CT molecular complexity index is 396. The first kappa shape index (κ1) is 12.7. The molecule has 0 radical (unpaired) electrons. The number of nitrogens with one attached hydrogen (secondary N) is 1. The molecular formula is C13H20N4O. The molecule has 0 aliphatic carbocycles. The van der Waals surface area contributed by atoms with Gasteiger partial charge in [-0.2, -0.15) is 0 Å². The van der Waals surface area contributed by atoms with Crippen molar-refractivity contribution >= 4 is 17.4 Å². The Balaban J connectivity index is 1.83. The van der Waals surface area contributed by atoms with Gasteiger partial charge in [0.05, 0.1) is 11.9 Å². The van der Waals surface area contributed by atoms with Crippen molar-refractivity contribution in [2.24, 2.45) is 0 Å². The first-order valence-corrected chi connectivity index (χ1v) is 6.45. The topological polar surface area (TPSA) is 71.2 Å². The van der Waals surface area contributed by atoms with E-state index in [9.17, 15) is 4.79 Å². The Morgan fingerprint density at radius 1 is 1.50 bits per heavy atom. The number of carbonyl (C=O) groups excluding carboxylic acids is 1. The summed E-state index contributed by atoms with van der Waals surface area (Å²) in [6.07, 6.45) is 4.19. The lowest BCUT2D eigenvalue weighted by molar-refractivity contribution is -0.131. The van der Waals surface area contributed by atoms with Gasteiger partial charge in [0.15, 0.2) is 0 Å². The molecule has 0 aromatic carbocycles. The van der Waals surface area contributed by atoms with E-state index >= 15 is 0 Å². The van der Waals surface area contributed by atoms with Crippen molar-refractivity contribution in [3.63, 3.8) is 0 Å². The number of nitrogen functional groups attached to an aromatic ring is 1. The maximum Gasteiger partial charge on any atom is 0.222 e. The van der Waals surface area contributed by atoms with E-state index in [1.807, 2.05) is 24.0 Å². The standard InChI is InChI=1S/C13H20N4O/c1-2-13(18)17-7-5-11(6-8-17)16-12-4-3-10(14)9-15-12/h3-4,9,11H,2,5-8,14H2,1H3,(H,15,16). The molecule has 5 heteroatoms. The summed E-state index contributed by atoms with van der Waals surface area (Å²) in [5.74, 6) is 1.10. The minimum Gasteiger partial charge on any atom is -0.397 e. The molecule has 2 rings (SSSR count). The summed E-state index contributed by atoms with van der Waals surface area (Å²) in [5, 5.41) is 3.38. The van der Waals surface area contributed by atoms with Crippen LogP contribution in [0, 0.1) is 0 Å². The highest BCUT2D eigenvalue weighted by atomic mass is 16.2. The first-order chi connectivity index (χ1) is 8.69. The van der Waals surface area contributed by atoms with Gasteiger partial charge < -0.3 is 16.0 Å². The number of hydrogen-bond donors (Lipinski definition) is 2. The van der Waals surface area contributed by atoms with E-state index < -0.39 is 0 Å². The third-order valence-electron chi connectivity index (χ3n) is 3.29. The molecule has 18 heavy (non-hydrogen) atoms. The third kappa shape index (κ3) is 3.12. The second-order valence-corrected chi connectivity index (χ2v) is 4.63. The number of aromatic nitrogens is 1. The van der Waals surface area contributed by atoms with Gasteiger partial charge in [-0.1, -0.05) is 6.92 Å². The smallest absolute Gasteiger partial charge is 0.222 e. The summed E-state index contributed by atoms with van der Waals surface area (Å²) in [5.41, 5.74) is 6.26. The molecule has 3 N–H and O–H groups in total. The number of rotatable bonds is 3. The van der Waals surface area contributed by atoms with Crippen LogP contribution in [0.5, 0.6) is 0 Å². The minimum atomic E-state index is 0.249. The van der Waals surface area contributed by atoms with Gasteiger partial charge in [0.2, 0.25) is 5.91 Å². The summed E-state index contributed by atoms with van der Waals surface area (Å²) in [6, 6.07) is 4.12. The van der Waals surface area contributed by atoms with Crippen molar-refractivity contribution in [1.82, 2.24) is 9.88 Å². The van der Waals surface area contributed by atoms with Gasteiger partial charge in [-0.3, -0.25) is 4.79 Å². The summed E-state index contributed by atoms with van der Waals surface area (Å²) < 4.78 is 0. The highest BCUT2D eigenvalue weighted by Gasteiger charge is 2.21. The molecule has 1 aromatic heterocycles. The van der Waals surface area contributed by atoms with Crippen LogP contribution in [0.3, 0.4) is 0 Å². The monoisotopic (exact) mass is 248 g/mol. The summed E-state index contributed by atoms with van der Waals surface area (Å²) in [4.78, 5) is 17.7. The Hall–Kier alpha value is -1.78. The van der Waals surface area contributed by atoms with Gasteiger partial charge in [-0.25, -0.2) is 4.98 Å². The maximum atomic E-state index is 11.5. The second-order valence-electron chi connectivity index (χ2n) is 4.63. The Morgan fingerprint density at radius 3 is 2.78 bits per heavy atom. The summed E-state index contributed by atoms with van der Waals surface area (Å²) in [7, 11) is 0. The van der Waals surface area contributed by atoms with Crippen molar-refractivity contribution in [3.05, 3.63) is 18.3 Å². The van der Waals surface area contributed by atoms with E-state index in [1.165, 1.54) is 0 Å². The predicted octanol–water partition coefficient (Wildman–Crippen LogP) is 1.48. The number of hydrogen-bond acceptors (Lipinski definition) is 4. The van der Waals surface area contributed by atoms with Crippen LogP contribution in [0.15, 0.2) is 18.3 Å². The molecule has 0 spiro atoms. The van der Waals surface area contributed by atoms with Gasteiger partial charge >= 0.3 is 0 Å². The molecule has 1 amide bonds. The number of nitrogens with two attached hydrogens (primary N) is 1. The van der Waals surface area contributed by atoms with Crippen LogP contribution in [0.25, 0.3) is 0 Å². The number of anilines is 2. The Labute approximate surface area is 107 Å². The number of piperidine rings is 1. The molecule has 1 aromatic rings. The highest BCUT2D eigenvalue weighted by Crippen LogP contribution is 2.16. The molecule has 0 unspecified atom stereocenters. The Kier molecular flexibility index (Phi) is 4.02. The molecule has 98 valence electrons. The number of pyridine rings is 1. The molecule has 2 heterocycles. The zero-order valence-electron chi connectivity index (χ0n) is 10.7. The molecule has 0 saturated carbocycles. The molecular weight excluding hydrogens is 228 g/mol. The Morgan fingerprint density at radius 2 is 2.22 bits per heavy atom. The van der Waals surface area contributed by atoms with E-state index in [4.69, 9.17) is 5.73 Å². The van der Waals surface area contributed by atoms with E-state index in [-0.39, 0.29) is 5.91 Å². The summed E-state index contributed by atoms with van der Waals surface area (Å²) in [6.45, 7) is 3.57. The normalized spacial score (nSPS) is 16.6. The van der Waals surface area contributed by atoms with E-state index in [0.29, 0.717) is 18.2 Å². The van der Waals surface area contributed by atoms with Gasteiger partial charge in [-0.15, -0.1) is 0 Å². The van der Waals surface area contributed by atoms with Crippen molar-refractivity contribution < 1.29 is 4.79 Å².